The van der Waals surface area contributed by atoms with Crippen molar-refractivity contribution in [2.24, 2.45) is 0 Å². The van der Waals surface area contributed by atoms with Crippen LogP contribution in [0.3, 0.4) is 0 Å². The lowest BCUT2D eigenvalue weighted by Gasteiger charge is -2.27. The van der Waals surface area contributed by atoms with E-state index in [1.54, 1.807) is 6.26 Å². The number of aryl methyl sites for hydroxylation is 1. The molecule has 2 aromatic rings. The second kappa shape index (κ2) is 9.75. The normalized spacial score (nSPS) is 16.9. The smallest absolute Gasteiger partial charge is 0.314 e. The third-order valence-corrected chi connectivity index (χ3v) is 5.45. The summed E-state index contributed by atoms with van der Waals surface area (Å²) < 4.78 is 5.62. The highest BCUT2D eigenvalue weighted by Crippen LogP contribution is 2.25. The van der Waals surface area contributed by atoms with Crippen LogP contribution in [0.25, 0.3) is 0 Å². The van der Waals surface area contributed by atoms with E-state index in [0.29, 0.717) is 13.1 Å². The van der Waals surface area contributed by atoms with E-state index >= 15 is 0 Å². The predicted molar refractivity (Wildman–Crippen MR) is 111 cm³/mol. The minimum absolute atomic E-state index is 0.0880. The van der Waals surface area contributed by atoms with E-state index in [0.717, 1.165) is 18.8 Å². The number of carbonyl (C=O) groups excluding carboxylic acids is 1. The minimum atomic E-state index is -0.144. The summed E-state index contributed by atoms with van der Waals surface area (Å²) in [4.78, 5) is 17.0. The molecule has 2 unspecified atom stereocenters. The average molecular weight is 385 g/mol. The van der Waals surface area contributed by atoms with Gasteiger partial charge in [0.2, 0.25) is 0 Å². The van der Waals surface area contributed by atoms with Crippen molar-refractivity contribution in [2.75, 3.05) is 40.3 Å². The first kappa shape index (κ1) is 20.4. The molecule has 0 radical (unpaired) electrons. The number of nitrogens with zero attached hydrogens (tertiary/aromatic N) is 2. The molecule has 1 aromatic heterocycles. The number of furan rings is 1. The number of urea groups is 1. The molecule has 1 aliphatic heterocycles. The standard InChI is InChI=1S/C22H32N4O2/c1-17-8-10-18(11-9-17)19(25(2)3)15-23-22(27)24-16-20(21-7-6-14-28-21)26-12-4-5-13-26/h6-11,14,19-20H,4-5,12-13,15-16H2,1-3H3,(H2,23,24,27). The summed E-state index contributed by atoms with van der Waals surface area (Å²) in [5.41, 5.74) is 2.43. The summed E-state index contributed by atoms with van der Waals surface area (Å²) in [5, 5.41) is 6.06. The third kappa shape index (κ3) is 5.36. The number of carbonyl (C=O) groups is 1. The van der Waals surface area contributed by atoms with Crippen molar-refractivity contribution in [3.8, 4) is 0 Å². The predicted octanol–water partition coefficient (Wildman–Crippen LogP) is 3.33. The van der Waals surface area contributed by atoms with Crippen molar-refractivity contribution in [1.29, 1.82) is 0 Å². The van der Waals surface area contributed by atoms with Gasteiger partial charge in [-0.2, -0.15) is 0 Å². The van der Waals surface area contributed by atoms with Gasteiger partial charge in [-0.05, 0) is 64.6 Å². The van der Waals surface area contributed by atoms with E-state index in [4.69, 9.17) is 4.42 Å². The van der Waals surface area contributed by atoms with Crippen LogP contribution in [-0.4, -0.2) is 56.1 Å². The van der Waals surface area contributed by atoms with E-state index in [-0.39, 0.29) is 18.1 Å². The first-order valence-electron chi connectivity index (χ1n) is 10.1. The zero-order chi connectivity index (χ0) is 19.9. The van der Waals surface area contributed by atoms with Gasteiger partial charge in [-0.3, -0.25) is 4.90 Å². The van der Waals surface area contributed by atoms with Crippen LogP contribution in [0, 0.1) is 6.92 Å². The first-order chi connectivity index (χ1) is 13.5. The Morgan fingerprint density at radius 1 is 1.11 bits per heavy atom. The maximum Gasteiger partial charge on any atom is 0.314 e. The van der Waals surface area contributed by atoms with Crippen LogP contribution in [0.1, 0.15) is 41.8 Å². The summed E-state index contributed by atoms with van der Waals surface area (Å²) >= 11 is 0. The Balaban J connectivity index is 1.54. The number of benzene rings is 1. The Hall–Kier alpha value is -2.31. The van der Waals surface area contributed by atoms with Gasteiger partial charge in [0.05, 0.1) is 18.3 Å². The topological polar surface area (TPSA) is 60.8 Å². The molecule has 0 saturated carbocycles. The Kier molecular flexibility index (Phi) is 7.12. The van der Waals surface area contributed by atoms with Gasteiger partial charge in [0.1, 0.15) is 5.76 Å². The Bertz CT molecular complexity index is 722. The van der Waals surface area contributed by atoms with Crippen molar-refractivity contribution in [2.45, 2.75) is 31.8 Å². The molecular weight excluding hydrogens is 352 g/mol. The van der Waals surface area contributed by atoms with Gasteiger partial charge < -0.3 is 20.0 Å². The maximum absolute atomic E-state index is 12.5. The van der Waals surface area contributed by atoms with E-state index < -0.39 is 0 Å². The number of amides is 2. The summed E-state index contributed by atoms with van der Waals surface area (Å²) in [6.45, 7) is 5.26. The lowest BCUT2D eigenvalue weighted by atomic mass is 10.0. The summed E-state index contributed by atoms with van der Waals surface area (Å²) in [6.07, 6.45) is 4.09. The molecule has 2 N–H and O–H groups in total. The van der Waals surface area contributed by atoms with Crippen LogP contribution in [-0.2, 0) is 0 Å². The van der Waals surface area contributed by atoms with Crippen molar-refractivity contribution in [3.63, 3.8) is 0 Å². The molecule has 2 amide bonds. The van der Waals surface area contributed by atoms with Gasteiger partial charge in [0.25, 0.3) is 0 Å². The van der Waals surface area contributed by atoms with Gasteiger partial charge in [-0.1, -0.05) is 29.8 Å². The average Bonchev–Trinajstić information content (AvgIpc) is 3.38. The van der Waals surface area contributed by atoms with Gasteiger partial charge in [0, 0.05) is 13.1 Å². The number of rotatable bonds is 8. The molecular formula is C22H32N4O2. The van der Waals surface area contributed by atoms with Crippen LogP contribution in [0.4, 0.5) is 4.79 Å². The minimum Gasteiger partial charge on any atom is -0.468 e. The molecule has 6 nitrogen and oxygen atoms in total. The third-order valence-electron chi connectivity index (χ3n) is 5.45. The second-order valence-corrected chi connectivity index (χ2v) is 7.76. The second-order valence-electron chi connectivity index (χ2n) is 7.76. The van der Waals surface area contributed by atoms with E-state index in [1.165, 1.54) is 24.0 Å². The number of likely N-dealkylation sites (N-methyl/N-ethyl adjacent to an activating group) is 1. The monoisotopic (exact) mass is 384 g/mol. The number of likely N-dealkylation sites (tertiary alicyclic amines) is 1. The van der Waals surface area contributed by atoms with Crippen molar-refractivity contribution in [1.82, 2.24) is 20.4 Å². The maximum atomic E-state index is 12.5. The largest absolute Gasteiger partial charge is 0.468 e. The molecule has 1 saturated heterocycles. The van der Waals surface area contributed by atoms with E-state index in [1.807, 2.05) is 26.2 Å². The molecule has 2 heterocycles. The molecule has 152 valence electrons. The highest BCUT2D eigenvalue weighted by molar-refractivity contribution is 5.73. The molecule has 3 rings (SSSR count). The van der Waals surface area contributed by atoms with Gasteiger partial charge >= 0.3 is 6.03 Å². The van der Waals surface area contributed by atoms with Gasteiger partial charge in [-0.25, -0.2) is 4.79 Å². The summed E-state index contributed by atoms with van der Waals surface area (Å²) in [7, 11) is 4.06. The fourth-order valence-electron chi connectivity index (χ4n) is 3.77. The van der Waals surface area contributed by atoms with Crippen LogP contribution >= 0.6 is 0 Å². The molecule has 2 atom stereocenters. The zero-order valence-corrected chi connectivity index (χ0v) is 17.1. The molecule has 28 heavy (non-hydrogen) atoms. The van der Waals surface area contributed by atoms with E-state index in [9.17, 15) is 4.79 Å². The van der Waals surface area contributed by atoms with E-state index in [2.05, 4.69) is 51.6 Å². The van der Waals surface area contributed by atoms with Gasteiger partial charge in [-0.15, -0.1) is 0 Å². The van der Waals surface area contributed by atoms with Gasteiger partial charge in [0.15, 0.2) is 0 Å². The molecule has 0 spiro atoms. The number of hydrogen-bond donors (Lipinski definition) is 2. The Labute approximate surface area is 167 Å². The molecule has 1 fully saturated rings. The highest BCUT2D eigenvalue weighted by Gasteiger charge is 2.26. The molecule has 1 aromatic carbocycles. The van der Waals surface area contributed by atoms with Crippen LogP contribution in [0.15, 0.2) is 47.1 Å². The molecule has 1 aliphatic rings. The summed E-state index contributed by atoms with van der Waals surface area (Å²) in [6, 6.07) is 12.4. The molecule has 6 heteroatoms. The lowest BCUT2D eigenvalue weighted by molar-refractivity contribution is 0.201. The van der Waals surface area contributed by atoms with Crippen LogP contribution in [0.5, 0.6) is 0 Å². The SMILES string of the molecule is Cc1ccc(C(CNC(=O)NCC(c2ccco2)N2CCCC2)N(C)C)cc1. The van der Waals surface area contributed by atoms with Crippen molar-refractivity contribution < 1.29 is 9.21 Å². The molecule has 0 bridgehead atoms. The highest BCUT2D eigenvalue weighted by atomic mass is 16.3. The fraction of sp³-hybridized carbons (Fsp3) is 0.500. The number of nitrogens with one attached hydrogen (secondary N) is 2. The van der Waals surface area contributed by atoms with Crippen LogP contribution in [0.2, 0.25) is 0 Å². The molecule has 0 aliphatic carbocycles. The Morgan fingerprint density at radius 3 is 2.39 bits per heavy atom. The Morgan fingerprint density at radius 2 is 1.79 bits per heavy atom. The fourth-order valence-corrected chi connectivity index (χ4v) is 3.77. The van der Waals surface area contributed by atoms with Crippen LogP contribution < -0.4 is 10.6 Å². The van der Waals surface area contributed by atoms with Crippen molar-refractivity contribution in [3.05, 3.63) is 59.5 Å². The summed E-state index contributed by atoms with van der Waals surface area (Å²) in [5.74, 6) is 0.910. The first-order valence-corrected chi connectivity index (χ1v) is 10.1. The lowest BCUT2D eigenvalue weighted by Crippen LogP contribution is -2.44. The zero-order valence-electron chi connectivity index (χ0n) is 17.1. The number of hydrogen-bond acceptors (Lipinski definition) is 4. The quantitative estimate of drug-likeness (QED) is 0.733. The van der Waals surface area contributed by atoms with Crippen molar-refractivity contribution >= 4 is 6.03 Å².